The van der Waals surface area contributed by atoms with E-state index in [1.165, 1.54) is 0 Å². The van der Waals surface area contributed by atoms with Gasteiger partial charge in [0.2, 0.25) is 0 Å². The molecule has 0 atom stereocenters. The summed E-state index contributed by atoms with van der Waals surface area (Å²) in [6, 6.07) is 5.29. The van der Waals surface area contributed by atoms with Crippen molar-refractivity contribution >= 4 is 0 Å². The lowest BCUT2D eigenvalue weighted by Crippen LogP contribution is -2.14. The third kappa shape index (κ3) is 2.25. The molecule has 0 bridgehead atoms. The molecule has 2 heteroatoms. The summed E-state index contributed by atoms with van der Waals surface area (Å²) in [5, 5.41) is 0. The van der Waals surface area contributed by atoms with Crippen molar-refractivity contribution in [1.29, 1.82) is 0 Å². The van der Waals surface area contributed by atoms with Crippen LogP contribution >= 0.6 is 0 Å². The fourth-order valence-corrected chi connectivity index (χ4v) is 1.36. The van der Waals surface area contributed by atoms with E-state index >= 15 is 0 Å². The summed E-state index contributed by atoms with van der Waals surface area (Å²) in [5.41, 5.74) is 0.514. The van der Waals surface area contributed by atoms with Gasteiger partial charge < -0.3 is 4.74 Å². The van der Waals surface area contributed by atoms with Gasteiger partial charge in [-0.05, 0) is 24.0 Å². The molecule has 1 aromatic rings. The van der Waals surface area contributed by atoms with Gasteiger partial charge in [0.25, 0.3) is 0 Å². The van der Waals surface area contributed by atoms with Gasteiger partial charge in [0, 0.05) is 0 Å². The van der Waals surface area contributed by atoms with Gasteiger partial charge in [-0.25, -0.2) is 4.39 Å². The van der Waals surface area contributed by atoms with Crippen LogP contribution in [-0.4, -0.2) is 6.61 Å². The summed E-state index contributed by atoms with van der Waals surface area (Å²) in [4.78, 5) is 0. The van der Waals surface area contributed by atoms with Crippen LogP contribution in [-0.2, 0) is 5.41 Å². The van der Waals surface area contributed by atoms with E-state index in [1.807, 2.05) is 33.8 Å². The summed E-state index contributed by atoms with van der Waals surface area (Å²) < 4.78 is 19.0. The molecule has 0 aliphatic rings. The lowest BCUT2D eigenvalue weighted by Gasteiger charge is -2.20. The number of rotatable bonds is 2. The molecule has 0 aliphatic carbocycles. The summed E-state index contributed by atoms with van der Waals surface area (Å²) in [6.07, 6.45) is 0. The molecule has 0 fully saturated rings. The summed E-state index contributed by atoms with van der Waals surface area (Å²) in [6.45, 7) is 8.30. The van der Waals surface area contributed by atoms with Crippen LogP contribution < -0.4 is 4.74 Å². The van der Waals surface area contributed by atoms with Crippen molar-refractivity contribution in [2.45, 2.75) is 33.1 Å². The second-order valence-electron chi connectivity index (χ2n) is 4.30. The maximum atomic E-state index is 13.8. The van der Waals surface area contributed by atoms with Crippen molar-refractivity contribution in [2.75, 3.05) is 6.61 Å². The first kappa shape index (κ1) is 11.0. The van der Waals surface area contributed by atoms with E-state index < -0.39 is 0 Å². The van der Waals surface area contributed by atoms with Gasteiger partial charge in [-0.1, -0.05) is 32.9 Å². The van der Waals surface area contributed by atoms with Gasteiger partial charge in [-0.2, -0.15) is 0 Å². The van der Waals surface area contributed by atoms with Gasteiger partial charge in [0.1, 0.15) is 0 Å². The Hall–Kier alpha value is -1.05. The minimum absolute atomic E-state index is 0.183. The Labute approximate surface area is 84.9 Å². The molecule has 0 aliphatic heterocycles. The first-order valence-corrected chi connectivity index (χ1v) is 4.88. The molecular weight excluding hydrogens is 179 g/mol. The maximum absolute atomic E-state index is 13.8. The van der Waals surface area contributed by atoms with Crippen molar-refractivity contribution < 1.29 is 9.13 Å². The zero-order chi connectivity index (χ0) is 10.8. The molecule has 0 heterocycles. The van der Waals surface area contributed by atoms with Crippen LogP contribution in [0, 0.1) is 5.82 Å². The van der Waals surface area contributed by atoms with Gasteiger partial charge in [-0.3, -0.25) is 0 Å². The number of benzene rings is 1. The quantitative estimate of drug-likeness (QED) is 0.703. The predicted octanol–water partition coefficient (Wildman–Crippen LogP) is 3.52. The van der Waals surface area contributed by atoms with E-state index in [4.69, 9.17) is 4.74 Å². The van der Waals surface area contributed by atoms with Crippen LogP contribution in [0.2, 0.25) is 0 Å². The van der Waals surface area contributed by atoms with Gasteiger partial charge in [-0.15, -0.1) is 0 Å². The van der Waals surface area contributed by atoms with Crippen molar-refractivity contribution in [3.8, 4) is 5.75 Å². The molecule has 0 amide bonds. The van der Waals surface area contributed by atoms with Crippen LogP contribution in [0.15, 0.2) is 18.2 Å². The van der Waals surface area contributed by atoms with Crippen molar-refractivity contribution in [3.63, 3.8) is 0 Å². The summed E-state index contributed by atoms with van der Waals surface area (Å²) >= 11 is 0. The molecule has 0 saturated carbocycles. The zero-order valence-corrected chi connectivity index (χ0v) is 9.23. The molecule has 0 spiro atoms. The molecule has 0 aromatic heterocycles. The molecule has 1 rings (SSSR count). The minimum atomic E-state index is -0.234. The summed E-state index contributed by atoms with van der Waals surface area (Å²) in [7, 11) is 0. The highest BCUT2D eigenvalue weighted by Crippen LogP contribution is 2.29. The summed E-state index contributed by atoms with van der Waals surface area (Å²) in [5.74, 6) is 0.113. The molecule has 1 aromatic carbocycles. The van der Waals surface area contributed by atoms with E-state index in [-0.39, 0.29) is 11.2 Å². The molecule has 14 heavy (non-hydrogen) atoms. The number of hydrogen-bond donors (Lipinski definition) is 0. The van der Waals surface area contributed by atoms with Crippen LogP contribution in [0.25, 0.3) is 0 Å². The Bertz CT molecular complexity index is 313. The van der Waals surface area contributed by atoms with Crippen molar-refractivity contribution in [2.24, 2.45) is 0 Å². The topological polar surface area (TPSA) is 9.23 Å². The fraction of sp³-hybridized carbons (Fsp3) is 0.500. The maximum Gasteiger partial charge on any atom is 0.168 e. The van der Waals surface area contributed by atoms with Crippen LogP contribution in [0.3, 0.4) is 0 Å². The van der Waals surface area contributed by atoms with Crippen LogP contribution in [0.5, 0.6) is 5.75 Å². The van der Waals surface area contributed by atoms with E-state index in [1.54, 1.807) is 12.1 Å². The highest BCUT2D eigenvalue weighted by atomic mass is 19.1. The molecular formula is C12H17FO. The molecule has 1 nitrogen and oxygen atoms in total. The Kier molecular flexibility index (Phi) is 3.14. The first-order chi connectivity index (χ1) is 6.46. The molecule has 0 saturated heterocycles. The Morgan fingerprint density at radius 1 is 1.29 bits per heavy atom. The Morgan fingerprint density at radius 3 is 2.43 bits per heavy atom. The molecule has 0 unspecified atom stereocenters. The second-order valence-corrected chi connectivity index (χ2v) is 4.30. The lowest BCUT2D eigenvalue weighted by atomic mass is 9.86. The Morgan fingerprint density at radius 2 is 1.93 bits per heavy atom. The number of halogens is 1. The van der Waals surface area contributed by atoms with E-state index in [2.05, 4.69) is 0 Å². The molecule has 0 radical (unpaired) electrons. The highest BCUT2D eigenvalue weighted by molar-refractivity contribution is 5.34. The van der Waals surface area contributed by atoms with E-state index in [9.17, 15) is 4.39 Å². The van der Waals surface area contributed by atoms with Crippen LogP contribution in [0.1, 0.15) is 33.3 Å². The standard InChI is InChI=1S/C12H17FO/c1-5-14-10-8-6-7-9(11(10)13)12(2,3)4/h6-8H,5H2,1-4H3. The van der Waals surface area contributed by atoms with E-state index in [0.29, 0.717) is 17.9 Å². The zero-order valence-electron chi connectivity index (χ0n) is 9.23. The third-order valence-corrected chi connectivity index (χ3v) is 2.07. The van der Waals surface area contributed by atoms with Crippen molar-refractivity contribution in [1.82, 2.24) is 0 Å². The van der Waals surface area contributed by atoms with Crippen LogP contribution in [0.4, 0.5) is 4.39 Å². The Balaban J connectivity index is 3.14. The largest absolute Gasteiger partial charge is 0.491 e. The average Bonchev–Trinajstić information content (AvgIpc) is 2.07. The molecule has 0 N–H and O–H groups in total. The lowest BCUT2D eigenvalue weighted by molar-refractivity contribution is 0.317. The number of hydrogen-bond acceptors (Lipinski definition) is 1. The minimum Gasteiger partial charge on any atom is -0.491 e. The van der Waals surface area contributed by atoms with E-state index in [0.717, 1.165) is 0 Å². The second kappa shape index (κ2) is 3.99. The highest BCUT2D eigenvalue weighted by Gasteiger charge is 2.20. The smallest absolute Gasteiger partial charge is 0.168 e. The fourth-order valence-electron chi connectivity index (χ4n) is 1.36. The van der Waals surface area contributed by atoms with Gasteiger partial charge in [0.05, 0.1) is 6.61 Å². The van der Waals surface area contributed by atoms with Gasteiger partial charge >= 0.3 is 0 Å². The molecule has 78 valence electrons. The van der Waals surface area contributed by atoms with Crippen molar-refractivity contribution in [3.05, 3.63) is 29.6 Å². The first-order valence-electron chi connectivity index (χ1n) is 4.88. The SMILES string of the molecule is CCOc1cccc(C(C)(C)C)c1F. The normalized spacial score (nSPS) is 11.5. The number of ether oxygens (including phenoxy) is 1. The monoisotopic (exact) mass is 196 g/mol. The third-order valence-electron chi connectivity index (χ3n) is 2.07. The average molecular weight is 196 g/mol. The predicted molar refractivity (Wildman–Crippen MR) is 56.3 cm³/mol. The van der Waals surface area contributed by atoms with Gasteiger partial charge in [0.15, 0.2) is 11.6 Å².